The van der Waals surface area contributed by atoms with Crippen molar-refractivity contribution in [1.29, 1.82) is 0 Å². The van der Waals surface area contributed by atoms with Gasteiger partial charge in [-0.1, -0.05) is 36.0 Å². The second-order valence-corrected chi connectivity index (χ2v) is 8.38. The number of rotatable bonds is 3. The number of nitrogens with zero attached hydrogens (tertiary/aromatic N) is 2. The molecule has 1 spiro atoms. The fourth-order valence-electron chi connectivity index (χ4n) is 4.27. The summed E-state index contributed by atoms with van der Waals surface area (Å²) in [6, 6.07) is 11.3. The van der Waals surface area contributed by atoms with Crippen LogP contribution in [0.5, 0.6) is 0 Å². The Kier molecular flexibility index (Phi) is 4.97. The quantitative estimate of drug-likeness (QED) is 0.846. The van der Waals surface area contributed by atoms with E-state index >= 15 is 0 Å². The molecule has 2 aromatic rings. The Morgan fingerprint density at radius 1 is 1.29 bits per heavy atom. The molecule has 1 aliphatic carbocycles. The topological polar surface area (TPSA) is 58.7 Å². The van der Waals surface area contributed by atoms with E-state index in [0.29, 0.717) is 17.2 Å². The number of thioether (sulfide) groups is 1. The number of benzene rings is 2. The number of aryl methyl sites for hydroxylation is 1. The number of halogens is 2. The number of fused-ring (bicyclic) bond motifs is 2. The Hall–Kier alpha value is -2.25. The van der Waals surface area contributed by atoms with E-state index in [4.69, 9.17) is 5.73 Å². The van der Waals surface area contributed by atoms with Crippen LogP contribution in [-0.2, 0) is 16.1 Å². The van der Waals surface area contributed by atoms with E-state index in [1.54, 1.807) is 0 Å². The molecule has 1 heterocycles. The van der Waals surface area contributed by atoms with Crippen molar-refractivity contribution in [2.75, 3.05) is 6.54 Å². The summed E-state index contributed by atoms with van der Waals surface area (Å²) in [4.78, 5) is 11.9. The van der Waals surface area contributed by atoms with Gasteiger partial charge < -0.3 is 5.73 Å². The van der Waals surface area contributed by atoms with Crippen molar-refractivity contribution in [1.82, 2.24) is 5.01 Å². The lowest BCUT2D eigenvalue weighted by molar-refractivity contribution is -0.134. The van der Waals surface area contributed by atoms with Crippen molar-refractivity contribution in [3.8, 4) is 0 Å². The van der Waals surface area contributed by atoms with Gasteiger partial charge in [0.05, 0.1) is 0 Å². The molecule has 2 aromatic carbocycles. The molecule has 0 aromatic heterocycles. The van der Waals surface area contributed by atoms with E-state index in [2.05, 4.69) is 11.2 Å². The zero-order valence-electron chi connectivity index (χ0n) is 15.5. The molecule has 0 unspecified atom stereocenters. The van der Waals surface area contributed by atoms with Gasteiger partial charge in [-0.05, 0) is 55.0 Å². The van der Waals surface area contributed by atoms with Crippen LogP contribution in [0.25, 0.3) is 0 Å². The zero-order chi connectivity index (χ0) is 19.9. The average molecular weight is 401 g/mol. The molecule has 0 bridgehead atoms. The first-order chi connectivity index (χ1) is 13.5. The van der Waals surface area contributed by atoms with Crippen molar-refractivity contribution in [2.45, 2.75) is 31.1 Å². The second-order valence-electron chi connectivity index (χ2n) is 7.16. The van der Waals surface area contributed by atoms with Gasteiger partial charge in [-0.3, -0.25) is 4.79 Å². The molecule has 146 valence electrons. The molecule has 4 nitrogen and oxygen atoms in total. The third-order valence-electron chi connectivity index (χ3n) is 5.40. The van der Waals surface area contributed by atoms with Crippen LogP contribution in [-0.4, -0.2) is 22.5 Å². The molecule has 0 radical (unpaired) electrons. The summed E-state index contributed by atoms with van der Waals surface area (Å²) in [5.74, 6) is -1.47. The van der Waals surface area contributed by atoms with Crippen LogP contribution in [0.3, 0.4) is 0 Å². The molecule has 4 rings (SSSR count). The minimum atomic E-state index is -0.752. The Balaban J connectivity index is 1.88. The summed E-state index contributed by atoms with van der Waals surface area (Å²) in [5, 5.41) is 6.47. The van der Waals surface area contributed by atoms with Gasteiger partial charge >= 0.3 is 0 Å². The second kappa shape index (κ2) is 7.29. The molecular weight excluding hydrogens is 380 g/mol. The zero-order valence-corrected chi connectivity index (χ0v) is 16.3. The van der Waals surface area contributed by atoms with Crippen LogP contribution in [0.15, 0.2) is 47.6 Å². The minimum absolute atomic E-state index is 0.0842. The van der Waals surface area contributed by atoms with Crippen LogP contribution in [0, 0.1) is 17.6 Å². The predicted octanol–water partition coefficient (Wildman–Crippen LogP) is 3.99. The summed E-state index contributed by atoms with van der Waals surface area (Å²) < 4.78 is 27.6. The Morgan fingerprint density at radius 3 is 2.68 bits per heavy atom. The van der Waals surface area contributed by atoms with Crippen LogP contribution >= 0.6 is 11.8 Å². The lowest BCUT2D eigenvalue weighted by Crippen LogP contribution is -2.49. The number of hydrazone groups is 1. The van der Waals surface area contributed by atoms with E-state index in [9.17, 15) is 13.6 Å². The maximum Gasteiger partial charge on any atom is 0.241 e. The highest BCUT2D eigenvalue weighted by Gasteiger charge is 2.54. The molecule has 2 N–H and O–H groups in total. The standard InChI is InChI=1S/C21H21F2N3OS/c1-13(27)26-21(28-20(25-26)15-10-17(22)12-18(23)11-15)16(8-9-24)7-6-14-4-2-3-5-19(14)21/h2-5,10-12,16H,6-9,24H2,1H3/t16-,21-/m1/s1. The predicted molar refractivity (Wildman–Crippen MR) is 107 cm³/mol. The molecule has 0 fully saturated rings. The van der Waals surface area contributed by atoms with Gasteiger partial charge in [-0.25, -0.2) is 13.8 Å². The molecule has 2 atom stereocenters. The molecule has 0 saturated heterocycles. The first-order valence-corrected chi connectivity index (χ1v) is 10.1. The van der Waals surface area contributed by atoms with E-state index in [0.717, 1.165) is 36.5 Å². The average Bonchev–Trinajstić information content (AvgIpc) is 3.05. The lowest BCUT2D eigenvalue weighted by atomic mass is 9.77. The summed E-state index contributed by atoms with van der Waals surface area (Å²) >= 11 is 1.40. The van der Waals surface area contributed by atoms with Crippen molar-refractivity contribution >= 4 is 22.7 Å². The largest absolute Gasteiger partial charge is 0.330 e. The van der Waals surface area contributed by atoms with Crippen molar-refractivity contribution in [3.05, 3.63) is 70.8 Å². The minimum Gasteiger partial charge on any atom is -0.330 e. The first-order valence-electron chi connectivity index (χ1n) is 9.29. The third kappa shape index (κ3) is 3.02. The number of carbonyl (C=O) groups excluding carboxylic acids is 1. The van der Waals surface area contributed by atoms with Crippen molar-refractivity contribution in [2.24, 2.45) is 16.8 Å². The van der Waals surface area contributed by atoms with Gasteiger partial charge in [0.2, 0.25) is 5.91 Å². The highest BCUT2D eigenvalue weighted by molar-refractivity contribution is 8.15. The van der Waals surface area contributed by atoms with Gasteiger partial charge in [0.25, 0.3) is 0 Å². The lowest BCUT2D eigenvalue weighted by Gasteiger charge is -2.45. The maximum atomic E-state index is 13.8. The van der Waals surface area contributed by atoms with Crippen LogP contribution < -0.4 is 5.73 Å². The van der Waals surface area contributed by atoms with Crippen molar-refractivity contribution < 1.29 is 13.6 Å². The summed E-state index contributed by atoms with van der Waals surface area (Å²) in [6.45, 7) is 1.96. The third-order valence-corrected chi connectivity index (χ3v) is 6.95. The number of amides is 1. The van der Waals surface area contributed by atoms with E-state index in [-0.39, 0.29) is 11.8 Å². The number of nitrogens with two attached hydrogens (primary N) is 1. The Morgan fingerprint density at radius 2 is 2.00 bits per heavy atom. The number of carbonyl (C=O) groups is 1. The van der Waals surface area contributed by atoms with Gasteiger partial charge in [-0.2, -0.15) is 5.10 Å². The molecule has 7 heteroatoms. The van der Waals surface area contributed by atoms with E-state index in [1.807, 2.05) is 18.2 Å². The highest BCUT2D eigenvalue weighted by atomic mass is 32.2. The van der Waals surface area contributed by atoms with E-state index < -0.39 is 16.5 Å². The summed E-state index contributed by atoms with van der Waals surface area (Å²) in [5.41, 5.74) is 8.41. The number of hydrogen-bond donors (Lipinski definition) is 1. The number of hydrogen-bond acceptors (Lipinski definition) is 4. The van der Waals surface area contributed by atoms with Gasteiger partial charge in [0.15, 0.2) is 0 Å². The summed E-state index contributed by atoms with van der Waals surface area (Å²) in [7, 11) is 0. The normalized spacial score (nSPS) is 23.6. The van der Waals surface area contributed by atoms with Gasteiger partial charge in [0.1, 0.15) is 21.5 Å². The molecule has 0 saturated carbocycles. The molecule has 2 aliphatic rings. The van der Waals surface area contributed by atoms with Crippen molar-refractivity contribution in [3.63, 3.8) is 0 Å². The molecule has 28 heavy (non-hydrogen) atoms. The van der Waals surface area contributed by atoms with Crippen LogP contribution in [0.2, 0.25) is 0 Å². The van der Waals surface area contributed by atoms with Gasteiger partial charge in [-0.15, -0.1) is 0 Å². The van der Waals surface area contributed by atoms with Crippen LogP contribution in [0.1, 0.15) is 36.5 Å². The monoisotopic (exact) mass is 401 g/mol. The fraction of sp³-hybridized carbons (Fsp3) is 0.333. The SMILES string of the molecule is CC(=O)N1N=C(c2cc(F)cc(F)c2)S[C@]12c1ccccc1CC[C@@H]2CCN. The van der Waals surface area contributed by atoms with E-state index in [1.165, 1.54) is 35.8 Å². The van der Waals surface area contributed by atoms with Gasteiger partial charge in [0, 0.05) is 18.6 Å². The molecule has 1 amide bonds. The smallest absolute Gasteiger partial charge is 0.241 e. The molecule has 1 aliphatic heterocycles. The Labute approximate surface area is 166 Å². The molecular formula is C21H21F2N3OS. The Bertz CT molecular complexity index is 944. The first kappa shape index (κ1) is 19.1. The maximum absolute atomic E-state index is 13.8. The van der Waals surface area contributed by atoms with Crippen LogP contribution in [0.4, 0.5) is 8.78 Å². The fourth-order valence-corrected chi connectivity index (χ4v) is 5.89. The summed E-state index contributed by atoms with van der Waals surface area (Å²) in [6.07, 6.45) is 2.50. The highest BCUT2D eigenvalue weighted by Crippen LogP contribution is 2.57.